The predicted octanol–water partition coefficient (Wildman–Crippen LogP) is 4.00. The third-order valence-electron chi connectivity index (χ3n) is 5.65. The minimum absolute atomic E-state index is 0.345. The molecule has 0 aromatic heterocycles. The topological polar surface area (TPSA) is 55.3 Å². The van der Waals surface area contributed by atoms with Gasteiger partial charge >= 0.3 is 0 Å². The lowest BCUT2D eigenvalue weighted by Crippen LogP contribution is -2.46. The first-order valence-corrected chi connectivity index (χ1v) is 11.5. The maximum absolute atomic E-state index is 5.96. The van der Waals surface area contributed by atoms with Gasteiger partial charge in [0.2, 0.25) is 0 Å². The molecule has 1 heterocycles. The van der Waals surface area contributed by atoms with E-state index < -0.39 is 0 Å². The highest BCUT2D eigenvalue weighted by molar-refractivity contribution is 5.79. The number of rotatable bonds is 11. The third-order valence-corrected chi connectivity index (χ3v) is 5.65. The minimum atomic E-state index is 0.345. The molecule has 1 N–H and O–H groups in total. The van der Waals surface area contributed by atoms with Crippen LogP contribution in [0.3, 0.4) is 0 Å². The molecule has 2 aromatic rings. The fourth-order valence-electron chi connectivity index (χ4n) is 3.82. The van der Waals surface area contributed by atoms with Crippen molar-refractivity contribution < 1.29 is 14.2 Å². The van der Waals surface area contributed by atoms with Gasteiger partial charge < -0.3 is 24.4 Å². The molecule has 1 saturated heterocycles. The summed E-state index contributed by atoms with van der Waals surface area (Å²) < 4.78 is 16.9. The second kappa shape index (κ2) is 13.9. The van der Waals surface area contributed by atoms with Gasteiger partial charge in [-0.25, -0.2) is 0 Å². The van der Waals surface area contributed by atoms with Crippen LogP contribution in [0.25, 0.3) is 0 Å². The van der Waals surface area contributed by atoms with Gasteiger partial charge in [-0.15, -0.1) is 0 Å². The van der Waals surface area contributed by atoms with Gasteiger partial charge in [0.25, 0.3) is 0 Å². The molecule has 6 nitrogen and oxygen atoms in total. The molecule has 1 fully saturated rings. The third kappa shape index (κ3) is 8.26. The van der Waals surface area contributed by atoms with E-state index in [1.54, 1.807) is 7.11 Å². The van der Waals surface area contributed by atoms with Crippen molar-refractivity contribution in [1.29, 1.82) is 0 Å². The maximum Gasteiger partial charge on any atom is 0.193 e. The molecular weight excluding hydrogens is 402 g/mol. The Morgan fingerprint density at radius 1 is 0.938 bits per heavy atom. The Bertz CT molecular complexity index is 788. The van der Waals surface area contributed by atoms with E-state index in [2.05, 4.69) is 51.6 Å². The van der Waals surface area contributed by atoms with Crippen molar-refractivity contribution in [2.75, 3.05) is 40.5 Å². The molecule has 2 aromatic carbocycles. The van der Waals surface area contributed by atoms with Gasteiger partial charge in [-0.2, -0.15) is 0 Å². The van der Waals surface area contributed by atoms with Gasteiger partial charge in [-0.1, -0.05) is 54.6 Å². The molecular formula is C26H37N3O3. The van der Waals surface area contributed by atoms with Crippen LogP contribution in [-0.2, 0) is 34.0 Å². The first kappa shape index (κ1) is 24.2. The Hall–Kier alpha value is -2.41. The van der Waals surface area contributed by atoms with Crippen LogP contribution in [-0.4, -0.2) is 57.4 Å². The Morgan fingerprint density at radius 2 is 1.59 bits per heavy atom. The van der Waals surface area contributed by atoms with E-state index in [0.717, 1.165) is 58.1 Å². The number of likely N-dealkylation sites (tertiary alicyclic amines) is 1. The maximum atomic E-state index is 5.96. The SMILES string of the molecule is CN=C(NCc1ccc(COCc2ccccc2)cc1)N1CCC(OCCCOC)CC1. The van der Waals surface area contributed by atoms with Crippen molar-refractivity contribution in [3.63, 3.8) is 0 Å². The van der Waals surface area contributed by atoms with Gasteiger partial charge in [0.15, 0.2) is 5.96 Å². The van der Waals surface area contributed by atoms with Crippen LogP contribution < -0.4 is 5.32 Å². The molecule has 6 heteroatoms. The van der Waals surface area contributed by atoms with E-state index in [1.165, 1.54) is 16.7 Å². The summed E-state index contributed by atoms with van der Waals surface area (Å²) in [6, 6.07) is 18.8. The first-order chi connectivity index (χ1) is 15.8. The van der Waals surface area contributed by atoms with Crippen molar-refractivity contribution in [3.8, 4) is 0 Å². The van der Waals surface area contributed by atoms with Crippen LogP contribution in [0.15, 0.2) is 59.6 Å². The number of nitrogens with one attached hydrogen (secondary N) is 1. The van der Waals surface area contributed by atoms with E-state index in [9.17, 15) is 0 Å². The zero-order chi connectivity index (χ0) is 22.4. The molecule has 0 unspecified atom stereocenters. The van der Waals surface area contributed by atoms with Gasteiger partial charge in [0.1, 0.15) is 0 Å². The molecule has 0 saturated carbocycles. The molecule has 0 radical (unpaired) electrons. The quantitative estimate of drug-likeness (QED) is 0.326. The van der Waals surface area contributed by atoms with Crippen molar-refractivity contribution in [2.24, 2.45) is 4.99 Å². The summed E-state index contributed by atoms with van der Waals surface area (Å²) in [6.45, 7) is 5.47. The summed E-state index contributed by atoms with van der Waals surface area (Å²) >= 11 is 0. The number of piperidine rings is 1. The Balaban J connectivity index is 1.36. The number of hydrogen-bond acceptors (Lipinski definition) is 4. The average Bonchev–Trinajstić information content (AvgIpc) is 2.85. The highest BCUT2D eigenvalue weighted by atomic mass is 16.5. The highest BCUT2D eigenvalue weighted by Gasteiger charge is 2.21. The molecule has 0 aliphatic carbocycles. The number of hydrogen-bond donors (Lipinski definition) is 1. The van der Waals surface area contributed by atoms with Crippen molar-refractivity contribution in [2.45, 2.75) is 45.1 Å². The molecule has 0 bridgehead atoms. The smallest absolute Gasteiger partial charge is 0.193 e. The van der Waals surface area contributed by atoms with Crippen LogP contribution in [0.1, 0.15) is 36.0 Å². The molecule has 174 valence electrons. The Labute approximate surface area is 192 Å². The van der Waals surface area contributed by atoms with Crippen LogP contribution in [0.5, 0.6) is 0 Å². The zero-order valence-electron chi connectivity index (χ0n) is 19.5. The van der Waals surface area contributed by atoms with Crippen LogP contribution >= 0.6 is 0 Å². The largest absolute Gasteiger partial charge is 0.385 e. The molecule has 1 aliphatic rings. The van der Waals surface area contributed by atoms with Crippen molar-refractivity contribution in [1.82, 2.24) is 10.2 Å². The summed E-state index contributed by atoms with van der Waals surface area (Å²) in [5.41, 5.74) is 3.61. The van der Waals surface area contributed by atoms with E-state index in [1.807, 2.05) is 25.2 Å². The number of guanidine groups is 1. The monoisotopic (exact) mass is 439 g/mol. The van der Waals surface area contributed by atoms with Crippen molar-refractivity contribution >= 4 is 5.96 Å². The van der Waals surface area contributed by atoms with Gasteiger partial charge in [-0.3, -0.25) is 4.99 Å². The zero-order valence-corrected chi connectivity index (χ0v) is 19.5. The molecule has 3 rings (SSSR count). The lowest BCUT2D eigenvalue weighted by Gasteiger charge is -2.34. The highest BCUT2D eigenvalue weighted by Crippen LogP contribution is 2.15. The molecule has 0 atom stereocenters. The summed E-state index contributed by atoms with van der Waals surface area (Å²) in [5, 5.41) is 3.50. The normalized spacial score (nSPS) is 15.2. The van der Waals surface area contributed by atoms with Crippen molar-refractivity contribution in [3.05, 3.63) is 71.3 Å². The fraction of sp³-hybridized carbons (Fsp3) is 0.500. The summed E-state index contributed by atoms with van der Waals surface area (Å²) in [4.78, 5) is 6.80. The summed E-state index contributed by atoms with van der Waals surface area (Å²) in [7, 11) is 3.58. The number of ether oxygens (including phenoxy) is 3. The van der Waals surface area contributed by atoms with E-state index in [-0.39, 0.29) is 0 Å². The summed E-state index contributed by atoms with van der Waals surface area (Å²) in [5.74, 6) is 0.957. The van der Waals surface area contributed by atoms with Gasteiger partial charge in [0.05, 0.1) is 19.3 Å². The second-order valence-corrected chi connectivity index (χ2v) is 8.10. The summed E-state index contributed by atoms with van der Waals surface area (Å²) in [6.07, 6.45) is 3.37. The number of benzene rings is 2. The standard InChI is InChI=1S/C26H37N3O3/c1-27-26(29-15-13-25(14-16-29)32-18-6-17-30-2)28-19-22-9-11-24(12-10-22)21-31-20-23-7-4-3-5-8-23/h3-5,7-12,25H,6,13-21H2,1-2H3,(H,27,28). The average molecular weight is 440 g/mol. The first-order valence-electron chi connectivity index (χ1n) is 11.5. The molecule has 32 heavy (non-hydrogen) atoms. The van der Waals surface area contributed by atoms with Crippen LogP contribution in [0, 0.1) is 0 Å². The predicted molar refractivity (Wildman–Crippen MR) is 129 cm³/mol. The Morgan fingerprint density at radius 3 is 2.25 bits per heavy atom. The van der Waals surface area contributed by atoms with E-state index in [4.69, 9.17) is 14.2 Å². The lowest BCUT2D eigenvalue weighted by atomic mass is 10.1. The van der Waals surface area contributed by atoms with E-state index >= 15 is 0 Å². The number of nitrogens with zero attached hydrogens (tertiary/aromatic N) is 2. The van der Waals surface area contributed by atoms with Gasteiger partial charge in [-0.05, 0) is 36.0 Å². The van der Waals surface area contributed by atoms with Gasteiger partial charge in [0, 0.05) is 47.0 Å². The molecule has 1 aliphatic heterocycles. The second-order valence-electron chi connectivity index (χ2n) is 8.10. The molecule has 0 amide bonds. The number of methoxy groups -OCH3 is 1. The molecule has 0 spiro atoms. The minimum Gasteiger partial charge on any atom is -0.385 e. The lowest BCUT2D eigenvalue weighted by molar-refractivity contribution is 0.00989. The van der Waals surface area contributed by atoms with E-state index in [0.29, 0.717) is 19.3 Å². The fourth-order valence-corrected chi connectivity index (χ4v) is 3.82. The Kier molecular flexibility index (Phi) is 10.5. The number of aliphatic imine (C=N–C) groups is 1. The van der Waals surface area contributed by atoms with Crippen LogP contribution in [0.2, 0.25) is 0 Å². The van der Waals surface area contributed by atoms with Crippen LogP contribution in [0.4, 0.5) is 0 Å².